The maximum absolute atomic E-state index is 12.4. The van der Waals surface area contributed by atoms with Crippen molar-refractivity contribution in [3.8, 4) is 0 Å². The lowest BCUT2D eigenvalue weighted by Gasteiger charge is -2.27. The van der Waals surface area contributed by atoms with Gasteiger partial charge in [-0.05, 0) is 39.2 Å². The standard InChI is InChI=1S/C19H28N2O3/c1-19(2,3)24-18(23)16-10-7-13-21(16)17(22)11-12-20-14-15-8-5-4-6-9-15/h4-6,8-9,16,20H,7,10-14H2,1-3H3/t16-/m1/s1. The largest absolute Gasteiger partial charge is 0.458 e. The maximum atomic E-state index is 12.4. The van der Waals surface area contributed by atoms with Crippen LogP contribution in [0.2, 0.25) is 0 Å². The fourth-order valence-corrected chi connectivity index (χ4v) is 2.85. The second-order valence-electron chi connectivity index (χ2n) is 7.19. The van der Waals surface area contributed by atoms with Crippen molar-refractivity contribution >= 4 is 11.9 Å². The molecule has 5 nitrogen and oxygen atoms in total. The van der Waals surface area contributed by atoms with E-state index in [0.29, 0.717) is 25.9 Å². The summed E-state index contributed by atoms with van der Waals surface area (Å²) in [5, 5.41) is 3.27. The first-order valence-corrected chi connectivity index (χ1v) is 8.64. The molecule has 1 atom stereocenters. The number of amides is 1. The Morgan fingerprint density at radius 1 is 1.25 bits per heavy atom. The Balaban J connectivity index is 1.77. The highest BCUT2D eigenvalue weighted by atomic mass is 16.6. The third kappa shape index (κ3) is 5.64. The summed E-state index contributed by atoms with van der Waals surface area (Å²) in [6.07, 6.45) is 1.94. The lowest BCUT2D eigenvalue weighted by molar-refractivity contribution is -0.163. The SMILES string of the molecule is CC(C)(C)OC(=O)[C@H]1CCCN1C(=O)CCNCc1ccccc1. The number of ether oxygens (including phenoxy) is 1. The van der Waals surface area contributed by atoms with Gasteiger partial charge in [0, 0.05) is 26.1 Å². The Kier molecular flexibility index (Phi) is 6.37. The van der Waals surface area contributed by atoms with Crippen LogP contribution in [0.4, 0.5) is 0 Å². The molecule has 0 spiro atoms. The van der Waals surface area contributed by atoms with E-state index in [2.05, 4.69) is 5.32 Å². The van der Waals surface area contributed by atoms with E-state index in [1.54, 1.807) is 4.90 Å². The number of hydrogen-bond donors (Lipinski definition) is 1. The predicted octanol–water partition coefficient (Wildman–Crippen LogP) is 2.50. The van der Waals surface area contributed by atoms with Gasteiger partial charge in [0.2, 0.25) is 5.91 Å². The van der Waals surface area contributed by atoms with Gasteiger partial charge in [0.25, 0.3) is 0 Å². The maximum Gasteiger partial charge on any atom is 0.329 e. The molecule has 1 aromatic rings. The van der Waals surface area contributed by atoms with Crippen molar-refractivity contribution in [2.45, 2.75) is 58.2 Å². The molecule has 1 saturated heterocycles. The number of nitrogens with zero attached hydrogens (tertiary/aromatic N) is 1. The first-order valence-electron chi connectivity index (χ1n) is 8.64. The van der Waals surface area contributed by atoms with Crippen LogP contribution in [-0.4, -0.2) is 41.5 Å². The second-order valence-corrected chi connectivity index (χ2v) is 7.19. The van der Waals surface area contributed by atoms with Crippen LogP contribution in [0.25, 0.3) is 0 Å². The summed E-state index contributed by atoms with van der Waals surface area (Å²) in [5.41, 5.74) is 0.670. The molecule has 0 unspecified atom stereocenters. The lowest BCUT2D eigenvalue weighted by Crippen LogP contribution is -2.44. The Labute approximate surface area is 144 Å². The first kappa shape index (κ1) is 18.5. The number of carbonyl (C=O) groups excluding carboxylic acids is 2. The molecular weight excluding hydrogens is 304 g/mol. The highest BCUT2D eigenvalue weighted by molar-refractivity contribution is 5.85. The van der Waals surface area contributed by atoms with Crippen molar-refractivity contribution in [3.05, 3.63) is 35.9 Å². The molecule has 0 aromatic heterocycles. The van der Waals surface area contributed by atoms with Gasteiger partial charge in [-0.25, -0.2) is 4.79 Å². The number of nitrogens with one attached hydrogen (secondary N) is 1. The van der Waals surface area contributed by atoms with E-state index >= 15 is 0 Å². The molecule has 0 aliphatic carbocycles. The van der Waals surface area contributed by atoms with Crippen LogP contribution in [0.3, 0.4) is 0 Å². The molecule has 0 bridgehead atoms. The molecule has 1 aliphatic heterocycles. The van der Waals surface area contributed by atoms with Crippen LogP contribution in [0.15, 0.2) is 30.3 Å². The molecule has 2 rings (SSSR count). The van der Waals surface area contributed by atoms with E-state index in [4.69, 9.17) is 4.74 Å². The van der Waals surface area contributed by atoms with E-state index in [1.807, 2.05) is 51.1 Å². The molecule has 132 valence electrons. The predicted molar refractivity (Wildman–Crippen MR) is 93.3 cm³/mol. The highest BCUT2D eigenvalue weighted by Crippen LogP contribution is 2.21. The van der Waals surface area contributed by atoms with Gasteiger partial charge in [-0.1, -0.05) is 30.3 Å². The fraction of sp³-hybridized carbons (Fsp3) is 0.579. The monoisotopic (exact) mass is 332 g/mol. The molecule has 5 heteroatoms. The molecule has 1 heterocycles. The van der Waals surface area contributed by atoms with Crippen LogP contribution < -0.4 is 5.32 Å². The molecule has 0 saturated carbocycles. The molecule has 1 amide bonds. The lowest BCUT2D eigenvalue weighted by atomic mass is 10.1. The molecule has 1 aliphatic rings. The Morgan fingerprint density at radius 3 is 2.62 bits per heavy atom. The van der Waals surface area contributed by atoms with Gasteiger partial charge in [-0.15, -0.1) is 0 Å². The fourth-order valence-electron chi connectivity index (χ4n) is 2.85. The number of hydrogen-bond acceptors (Lipinski definition) is 4. The average Bonchev–Trinajstić information content (AvgIpc) is 3.00. The summed E-state index contributed by atoms with van der Waals surface area (Å²) >= 11 is 0. The van der Waals surface area contributed by atoms with Crippen LogP contribution in [-0.2, 0) is 20.9 Å². The van der Waals surface area contributed by atoms with E-state index in [-0.39, 0.29) is 11.9 Å². The third-order valence-electron chi connectivity index (χ3n) is 3.94. The van der Waals surface area contributed by atoms with Crippen molar-refractivity contribution in [2.24, 2.45) is 0 Å². The van der Waals surface area contributed by atoms with Crippen molar-refractivity contribution in [1.29, 1.82) is 0 Å². The van der Waals surface area contributed by atoms with Gasteiger partial charge in [0.1, 0.15) is 11.6 Å². The van der Waals surface area contributed by atoms with Gasteiger partial charge < -0.3 is 15.0 Å². The minimum atomic E-state index is -0.522. The van der Waals surface area contributed by atoms with Gasteiger partial charge >= 0.3 is 5.97 Å². The number of benzene rings is 1. The van der Waals surface area contributed by atoms with E-state index < -0.39 is 11.6 Å². The zero-order valence-corrected chi connectivity index (χ0v) is 14.9. The molecule has 1 aromatic carbocycles. The van der Waals surface area contributed by atoms with Gasteiger partial charge in [-0.2, -0.15) is 0 Å². The molecular formula is C19H28N2O3. The summed E-state index contributed by atoms with van der Waals surface area (Å²) in [5.74, 6) is -0.269. The van der Waals surface area contributed by atoms with E-state index in [1.165, 1.54) is 5.56 Å². The molecule has 1 N–H and O–H groups in total. The van der Waals surface area contributed by atoms with Gasteiger partial charge in [0.15, 0.2) is 0 Å². The summed E-state index contributed by atoms with van der Waals surface area (Å²) in [7, 11) is 0. The van der Waals surface area contributed by atoms with Gasteiger partial charge in [0.05, 0.1) is 0 Å². The summed E-state index contributed by atoms with van der Waals surface area (Å²) < 4.78 is 5.44. The summed E-state index contributed by atoms with van der Waals surface area (Å²) in [6.45, 7) is 7.52. The molecule has 24 heavy (non-hydrogen) atoms. The first-order chi connectivity index (χ1) is 11.4. The minimum Gasteiger partial charge on any atom is -0.458 e. The van der Waals surface area contributed by atoms with Gasteiger partial charge in [-0.3, -0.25) is 4.79 Å². The molecule has 0 radical (unpaired) electrons. The number of rotatable bonds is 6. The van der Waals surface area contributed by atoms with Crippen molar-refractivity contribution in [3.63, 3.8) is 0 Å². The van der Waals surface area contributed by atoms with Crippen LogP contribution in [0.5, 0.6) is 0 Å². The summed E-state index contributed by atoms with van der Waals surface area (Å²) in [4.78, 5) is 26.4. The van der Waals surface area contributed by atoms with Crippen LogP contribution in [0, 0.1) is 0 Å². The topological polar surface area (TPSA) is 58.6 Å². The van der Waals surface area contributed by atoms with Crippen molar-refractivity contribution in [1.82, 2.24) is 10.2 Å². The second kappa shape index (κ2) is 8.29. The quantitative estimate of drug-likeness (QED) is 0.642. The smallest absolute Gasteiger partial charge is 0.329 e. The van der Waals surface area contributed by atoms with E-state index in [0.717, 1.165) is 13.0 Å². The number of carbonyl (C=O) groups is 2. The third-order valence-corrected chi connectivity index (χ3v) is 3.94. The zero-order valence-electron chi connectivity index (χ0n) is 14.9. The molecule has 1 fully saturated rings. The van der Waals surface area contributed by atoms with Crippen LogP contribution >= 0.6 is 0 Å². The van der Waals surface area contributed by atoms with Crippen LogP contribution in [0.1, 0.15) is 45.6 Å². The Bertz CT molecular complexity index is 551. The van der Waals surface area contributed by atoms with E-state index in [9.17, 15) is 9.59 Å². The van der Waals surface area contributed by atoms with Crippen molar-refractivity contribution in [2.75, 3.05) is 13.1 Å². The zero-order chi connectivity index (χ0) is 17.6. The number of likely N-dealkylation sites (tertiary alicyclic amines) is 1. The van der Waals surface area contributed by atoms with Crippen molar-refractivity contribution < 1.29 is 14.3 Å². The summed E-state index contributed by atoms with van der Waals surface area (Å²) in [6, 6.07) is 9.65. The average molecular weight is 332 g/mol. The Morgan fingerprint density at radius 2 is 1.96 bits per heavy atom. The minimum absolute atomic E-state index is 0.0175. The normalized spacial score (nSPS) is 17.8. The Hall–Kier alpha value is -1.88. The highest BCUT2D eigenvalue weighted by Gasteiger charge is 2.36. The number of esters is 1.